The second-order valence-electron chi connectivity index (χ2n) is 13.6. The van der Waals surface area contributed by atoms with E-state index in [4.69, 9.17) is 42.6 Å². The van der Waals surface area contributed by atoms with Crippen molar-refractivity contribution >= 4 is 36.1 Å². The fourth-order valence-corrected chi connectivity index (χ4v) is 6.16. The number of ether oxygens (including phenoxy) is 9. The minimum absolute atomic E-state index is 0.111. The van der Waals surface area contributed by atoms with Gasteiger partial charge in [0.15, 0.2) is 53.0 Å². The molecule has 5 rings (SSSR count). The topological polar surface area (TPSA) is 296 Å². The summed E-state index contributed by atoms with van der Waals surface area (Å²) in [6, 6.07) is 12.6. The molecule has 62 heavy (non-hydrogen) atoms. The molecule has 20 heteroatoms. The third kappa shape index (κ3) is 11.8. The SMILES string of the molecule is COc1cc(/C=C/C(=O)O[C@H]2O[C@H](CO[C@@H]3O[C@H](CO)[C@@H](O)[C@H](O)[C@H]3OC(=O)/C=C/c3ccc(O)c(OC)c3)[C@@H](O)[C@H](O)[C@H]2OC(=O)/C=C/c2ccc(O)c(OC)c2)ccc1O. The van der Waals surface area contributed by atoms with Gasteiger partial charge in [0.2, 0.25) is 6.29 Å². The van der Waals surface area contributed by atoms with Crippen LogP contribution < -0.4 is 14.2 Å². The largest absolute Gasteiger partial charge is 0.504 e. The molecular weight excluding hydrogens is 824 g/mol. The van der Waals surface area contributed by atoms with Crippen molar-refractivity contribution in [1.29, 1.82) is 0 Å². The number of aliphatic hydroxyl groups excluding tert-OH is 5. The van der Waals surface area contributed by atoms with Gasteiger partial charge in [-0.05, 0) is 71.3 Å². The Hall–Kier alpha value is -6.23. The van der Waals surface area contributed by atoms with Crippen LogP contribution in [0.5, 0.6) is 34.5 Å². The third-order valence-corrected chi connectivity index (χ3v) is 9.48. The first kappa shape index (κ1) is 46.8. The number of benzene rings is 3. The van der Waals surface area contributed by atoms with Gasteiger partial charge < -0.3 is 83.5 Å². The summed E-state index contributed by atoms with van der Waals surface area (Å²) >= 11 is 0. The predicted molar refractivity (Wildman–Crippen MR) is 211 cm³/mol. The number of aliphatic hydroxyl groups is 5. The maximum Gasteiger partial charge on any atom is 0.333 e. The highest BCUT2D eigenvalue weighted by Crippen LogP contribution is 2.31. The highest BCUT2D eigenvalue weighted by molar-refractivity contribution is 5.89. The number of rotatable bonds is 16. The molecule has 2 heterocycles. The zero-order valence-corrected chi connectivity index (χ0v) is 33.3. The van der Waals surface area contributed by atoms with Crippen molar-refractivity contribution in [3.63, 3.8) is 0 Å². The first-order valence-corrected chi connectivity index (χ1v) is 18.7. The Labute approximate surface area is 353 Å². The molecule has 2 fully saturated rings. The van der Waals surface area contributed by atoms with Crippen LogP contribution in [0.1, 0.15) is 16.7 Å². The molecule has 2 saturated heterocycles. The standard InChI is InChI=1S/C42H46O20/c1-54-27-16-21(4-10-24(27)44)7-13-32(47)60-39-37(52)35(50)30(19-43)58-41(39)57-20-31-36(51)38(53)40(61-33(48)14-8-22-5-11-25(45)28(17-22)55-2)42(59-31)62-34(49)15-9-23-6-12-26(46)29(18-23)56-3/h4-18,30-31,35-46,50-53H,19-20H2,1-3H3/b13-7+,14-8+,15-9+/t30-,31-,35-,36-,37+,38+,39-,40-,41-,42-/m1/s1. The second-order valence-corrected chi connectivity index (χ2v) is 13.6. The number of carbonyl (C=O) groups excluding carboxylic acids is 3. The Balaban J connectivity index is 1.34. The summed E-state index contributed by atoms with van der Waals surface area (Å²) in [6.45, 7) is -1.56. The van der Waals surface area contributed by atoms with E-state index < -0.39 is 92.5 Å². The van der Waals surface area contributed by atoms with Crippen molar-refractivity contribution in [3.05, 3.63) is 89.5 Å². The monoisotopic (exact) mass is 870 g/mol. The number of hydrogen-bond acceptors (Lipinski definition) is 20. The van der Waals surface area contributed by atoms with Gasteiger partial charge in [-0.15, -0.1) is 0 Å². The quantitative estimate of drug-likeness (QED) is 0.0553. The molecule has 0 saturated carbocycles. The van der Waals surface area contributed by atoms with Gasteiger partial charge in [-0.25, -0.2) is 14.4 Å². The summed E-state index contributed by atoms with van der Waals surface area (Å²) in [5.74, 6) is -3.32. The molecule has 0 bridgehead atoms. The smallest absolute Gasteiger partial charge is 0.333 e. The Morgan fingerprint density at radius 3 is 1.32 bits per heavy atom. The average molecular weight is 871 g/mol. The molecule has 0 radical (unpaired) electrons. The van der Waals surface area contributed by atoms with Crippen molar-refractivity contribution in [1.82, 2.24) is 0 Å². The van der Waals surface area contributed by atoms with Gasteiger partial charge in [0.1, 0.15) is 36.6 Å². The molecule has 3 aromatic carbocycles. The highest BCUT2D eigenvalue weighted by atomic mass is 16.8. The van der Waals surface area contributed by atoms with Gasteiger partial charge in [0.05, 0.1) is 34.5 Å². The van der Waals surface area contributed by atoms with Crippen LogP contribution in [-0.2, 0) is 42.8 Å². The van der Waals surface area contributed by atoms with Crippen LogP contribution in [0.2, 0.25) is 0 Å². The van der Waals surface area contributed by atoms with Crippen LogP contribution in [0.4, 0.5) is 0 Å². The van der Waals surface area contributed by atoms with Crippen LogP contribution in [0.3, 0.4) is 0 Å². The summed E-state index contributed by atoms with van der Waals surface area (Å²) in [6.07, 6.45) is -11.1. The van der Waals surface area contributed by atoms with Gasteiger partial charge in [-0.2, -0.15) is 0 Å². The fourth-order valence-electron chi connectivity index (χ4n) is 6.16. The van der Waals surface area contributed by atoms with E-state index in [1.807, 2.05) is 0 Å². The minimum Gasteiger partial charge on any atom is -0.504 e. The molecule has 10 atom stereocenters. The minimum atomic E-state index is -2.01. The third-order valence-electron chi connectivity index (χ3n) is 9.48. The number of esters is 3. The Kier molecular flexibility index (Phi) is 16.3. The summed E-state index contributed by atoms with van der Waals surface area (Å²) in [5, 5.41) is 83.4. The van der Waals surface area contributed by atoms with Crippen molar-refractivity contribution in [2.75, 3.05) is 34.5 Å². The molecular formula is C42H46O20. The molecule has 0 aliphatic carbocycles. The van der Waals surface area contributed by atoms with E-state index in [-0.39, 0.29) is 34.5 Å². The number of aromatic hydroxyl groups is 3. The van der Waals surface area contributed by atoms with Crippen LogP contribution in [0.25, 0.3) is 18.2 Å². The molecule has 0 spiro atoms. The number of carbonyl (C=O) groups is 3. The van der Waals surface area contributed by atoms with Crippen molar-refractivity contribution < 1.29 is 97.9 Å². The maximum atomic E-state index is 13.1. The zero-order chi connectivity index (χ0) is 45.1. The van der Waals surface area contributed by atoms with E-state index >= 15 is 0 Å². The van der Waals surface area contributed by atoms with E-state index in [1.165, 1.54) is 94.2 Å². The molecule has 20 nitrogen and oxygen atoms in total. The maximum absolute atomic E-state index is 13.1. The molecule has 0 aromatic heterocycles. The van der Waals surface area contributed by atoms with Crippen molar-refractivity contribution in [2.24, 2.45) is 0 Å². The summed E-state index contributed by atoms with van der Waals surface area (Å²) < 4.78 is 48.6. The van der Waals surface area contributed by atoms with Gasteiger partial charge in [-0.1, -0.05) is 18.2 Å². The predicted octanol–water partition coefficient (Wildman–Crippen LogP) is 0.538. The highest BCUT2D eigenvalue weighted by Gasteiger charge is 2.51. The van der Waals surface area contributed by atoms with E-state index in [9.17, 15) is 55.2 Å². The van der Waals surface area contributed by atoms with Crippen LogP contribution >= 0.6 is 0 Å². The fraction of sp³-hybridized carbons (Fsp3) is 0.357. The molecule has 8 N–H and O–H groups in total. The lowest BCUT2D eigenvalue weighted by atomic mass is 9.98. The molecule has 2 aliphatic heterocycles. The molecule has 3 aromatic rings. The second kappa shape index (κ2) is 21.5. The molecule has 334 valence electrons. The van der Waals surface area contributed by atoms with Crippen molar-refractivity contribution in [2.45, 2.75) is 61.4 Å². The number of phenolic OH excluding ortho intramolecular Hbond substituents is 3. The average Bonchev–Trinajstić information content (AvgIpc) is 3.26. The van der Waals surface area contributed by atoms with E-state index in [0.29, 0.717) is 16.7 Å². The van der Waals surface area contributed by atoms with E-state index in [1.54, 1.807) is 0 Å². The Morgan fingerprint density at radius 1 is 0.548 bits per heavy atom. The summed E-state index contributed by atoms with van der Waals surface area (Å²) in [7, 11) is 3.99. The summed E-state index contributed by atoms with van der Waals surface area (Å²) in [4.78, 5) is 39.0. The lowest BCUT2D eigenvalue weighted by Gasteiger charge is -2.43. The number of phenols is 3. The normalized spacial score (nSPS) is 26.3. The van der Waals surface area contributed by atoms with Crippen LogP contribution in [0, 0.1) is 0 Å². The molecule has 2 aliphatic rings. The number of hydrogen-bond donors (Lipinski definition) is 8. The van der Waals surface area contributed by atoms with E-state index in [0.717, 1.165) is 18.2 Å². The lowest BCUT2D eigenvalue weighted by molar-refractivity contribution is -0.328. The van der Waals surface area contributed by atoms with Crippen LogP contribution in [0.15, 0.2) is 72.8 Å². The number of methoxy groups -OCH3 is 3. The Morgan fingerprint density at radius 2 is 0.919 bits per heavy atom. The van der Waals surface area contributed by atoms with Crippen LogP contribution in [-0.4, -0.2) is 155 Å². The van der Waals surface area contributed by atoms with Gasteiger partial charge in [0.25, 0.3) is 0 Å². The molecule has 0 amide bonds. The molecule has 0 unspecified atom stereocenters. The van der Waals surface area contributed by atoms with Crippen molar-refractivity contribution in [3.8, 4) is 34.5 Å². The van der Waals surface area contributed by atoms with E-state index in [2.05, 4.69) is 0 Å². The van der Waals surface area contributed by atoms with Gasteiger partial charge in [0, 0.05) is 18.2 Å². The zero-order valence-electron chi connectivity index (χ0n) is 33.3. The summed E-state index contributed by atoms with van der Waals surface area (Å²) in [5.41, 5.74) is 1.21. The van der Waals surface area contributed by atoms with Gasteiger partial charge >= 0.3 is 17.9 Å². The lowest BCUT2D eigenvalue weighted by Crippen LogP contribution is -2.63. The Bertz CT molecular complexity index is 2120. The first-order valence-electron chi connectivity index (χ1n) is 18.7. The first-order chi connectivity index (χ1) is 29.6. The van der Waals surface area contributed by atoms with Gasteiger partial charge in [-0.3, -0.25) is 0 Å².